The number of aromatic nitrogens is 3. The Bertz CT molecular complexity index is 537. The van der Waals surface area contributed by atoms with E-state index in [4.69, 9.17) is 4.74 Å². The molecule has 0 saturated carbocycles. The van der Waals surface area contributed by atoms with Crippen molar-refractivity contribution in [2.75, 3.05) is 6.61 Å². The van der Waals surface area contributed by atoms with Crippen LogP contribution in [0.15, 0.2) is 30.3 Å². The highest BCUT2D eigenvalue weighted by molar-refractivity contribution is 5.73. The second-order valence-electron chi connectivity index (χ2n) is 4.53. The number of carbonyl (C=O) groups excluding carboxylic acids is 1. The molecular weight excluding hydrogens is 254 g/mol. The van der Waals surface area contributed by atoms with E-state index in [-0.39, 0.29) is 0 Å². The fourth-order valence-corrected chi connectivity index (χ4v) is 2.03. The molecule has 0 aliphatic carbocycles. The van der Waals surface area contributed by atoms with E-state index in [1.807, 2.05) is 35.0 Å². The van der Waals surface area contributed by atoms with Crippen LogP contribution in [-0.2, 0) is 13.0 Å². The summed E-state index contributed by atoms with van der Waals surface area (Å²) in [5.41, 5.74) is 1.34. The van der Waals surface area contributed by atoms with Crippen LogP contribution in [0.3, 0.4) is 0 Å². The highest BCUT2D eigenvalue weighted by Gasteiger charge is 2.11. The topological polar surface area (TPSA) is 57.0 Å². The van der Waals surface area contributed by atoms with Crippen molar-refractivity contribution in [3.05, 3.63) is 41.7 Å². The molecule has 0 bridgehead atoms. The van der Waals surface area contributed by atoms with E-state index in [0.717, 1.165) is 43.5 Å². The summed E-state index contributed by atoms with van der Waals surface area (Å²) in [7, 11) is 0. The van der Waals surface area contributed by atoms with Crippen LogP contribution in [0.1, 0.15) is 35.9 Å². The molecule has 1 aromatic carbocycles. The smallest absolute Gasteiger partial charge is 0.172 e. The second kappa shape index (κ2) is 7.43. The summed E-state index contributed by atoms with van der Waals surface area (Å²) in [6.45, 7) is 3.47. The quantitative estimate of drug-likeness (QED) is 0.548. The zero-order valence-electron chi connectivity index (χ0n) is 11.7. The monoisotopic (exact) mass is 273 g/mol. The van der Waals surface area contributed by atoms with E-state index in [1.165, 1.54) is 0 Å². The van der Waals surface area contributed by atoms with Gasteiger partial charge in [0.25, 0.3) is 0 Å². The zero-order chi connectivity index (χ0) is 14.2. The summed E-state index contributed by atoms with van der Waals surface area (Å²) in [4.78, 5) is 11.0. The minimum atomic E-state index is 0.443. The van der Waals surface area contributed by atoms with Gasteiger partial charge in [0.15, 0.2) is 6.29 Å². The SMILES string of the molecule is CCCn1nnc(C=O)c1CCCOc1ccccc1. The van der Waals surface area contributed by atoms with Gasteiger partial charge in [-0.05, 0) is 31.4 Å². The molecule has 0 amide bonds. The number of aldehydes is 1. The minimum absolute atomic E-state index is 0.443. The van der Waals surface area contributed by atoms with Gasteiger partial charge in [-0.25, -0.2) is 4.68 Å². The Balaban J connectivity index is 1.87. The van der Waals surface area contributed by atoms with Crippen molar-refractivity contribution in [3.8, 4) is 5.75 Å². The Morgan fingerprint density at radius 3 is 2.80 bits per heavy atom. The van der Waals surface area contributed by atoms with Crippen LogP contribution in [-0.4, -0.2) is 27.9 Å². The number of hydrogen-bond acceptors (Lipinski definition) is 4. The van der Waals surface area contributed by atoms with Gasteiger partial charge in [-0.2, -0.15) is 0 Å². The zero-order valence-corrected chi connectivity index (χ0v) is 11.7. The molecule has 0 fully saturated rings. The third kappa shape index (κ3) is 3.66. The normalized spacial score (nSPS) is 10.4. The summed E-state index contributed by atoms with van der Waals surface area (Å²) in [6.07, 6.45) is 3.31. The average molecular weight is 273 g/mol. The molecule has 1 heterocycles. The highest BCUT2D eigenvalue weighted by atomic mass is 16.5. The molecule has 0 spiro atoms. The molecule has 0 radical (unpaired) electrons. The van der Waals surface area contributed by atoms with Crippen LogP contribution in [0.25, 0.3) is 0 Å². The third-order valence-electron chi connectivity index (χ3n) is 2.98. The van der Waals surface area contributed by atoms with Gasteiger partial charge in [-0.3, -0.25) is 4.79 Å². The Morgan fingerprint density at radius 2 is 2.10 bits per heavy atom. The Morgan fingerprint density at radius 1 is 1.30 bits per heavy atom. The molecular formula is C15H19N3O2. The molecule has 0 aliphatic rings. The molecule has 106 valence electrons. The number of para-hydroxylation sites is 1. The summed E-state index contributed by atoms with van der Waals surface area (Å²) in [5.74, 6) is 0.864. The fourth-order valence-electron chi connectivity index (χ4n) is 2.03. The molecule has 0 unspecified atom stereocenters. The van der Waals surface area contributed by atoms with Crippen LogP contribution >= 0.6 is 0 Å². The van der Waals surface area contributed by atoms with E-state index >= 15 is 0 Å². The standard InChI is InChI=1S/C15H19N3O2/c1-2-10-18-15(14(12-19)16-17-18)9-6-11-20-13-7-4-3-5-8-13/h3-5,7-8,12H,2,6,9-11H2,1H3. The van der Waals surface area contributed by atoms with Crippen LogP contribution in [0.4, 0.5) is 0 Å². The summed E-state index contributed by atoms with van der Waals surface area (Å²) in [6, 6.07) is 9.71. The van der Waals surface area contributed by atoms with Gasteiger partial charge in [0, 0.05) is 6.54 Å². The van der Waals surface area contributed by atoms with Gasteiger partial charge in [0.05, 0.1) is 12.3 Å². The van der Waals surface area contributed by atoms with Crippen LogP contribution in [0, 0.1) is 0 Å². The number of rotatable bonds is 8. The lowest BCUT2D eigenvalue weighted by atomic mass is 10.2. The molecule has 20 heavy (non-hydrogen) atoms. The van der Waals surface area contributed by atoms with Crippen molar-refractivity contribution in [1.82, 2.24) is 15.0 Å². The molecule has 0 saturated heterocycles. The Labute approximate surface area is 118 Å². The maximum atomic E-state index is 11.0. The van der Waals surface area contributed by atoms with Gasteiger partial charge in [0.2, 0.25) is 0 Å². The third-order valence-corrected chi connectivity index (χ3v) is 2.98. The van der Waals surface area contributed by atoms with E-state index in [2.05, 4.69) is 17.2 Å². The van der Waals surface area contributed by atoms with Gasteiger partial charge < -0.3 is 4.74 Å². The fraction of sp³-hybridized carbons (Fsp3) is 0.400. The predicted octanol–water partition coefficient (Wildman–Crippen LogP) is 2.51. The lowest BCUT2D eigenvalue weighted by Gasteiger charge is -2.07. The van der Waals surface area contributed by atoms with E-state index < -0.39 is 0 Å². The molecule has 0 atom stereocenters. The molecule has 5 nitrogen and oxygen atoms in total. The van der Waals surface area contributed by atoms with Crippen LogP contribution in [0.5, 0.6) is 5.75 Å². The Hall–Kier alpha value is -2.17. The lowest BCUT2D eigenvalue weighted by molar-refractivity contribution is 0.111. The first-order chi connectivity index (χ1) is 9.85. The number of aryl methyl sites for hydroxylation is 1. The number of hydrogen-bond donors (Lipinski definition) is 0. The maximum absolute atomic E-state index is 11.0. The first-order valence-electron chi connectivity index (χ1n) is 6.90. The molecule has 1 aromatic heterocycles. The van der Waals surface area contributed by atoms with Crippen molar-refractivity contribution in [1.29, 1.82) is 0 Å². The summed E-state index contributed by atoms with van der Waals surface area (Å²) < 4.78 is 7.45. The van der Waals surface area contributed by atoms with Crippen molar-refractivity contribution in [2.24, 2.45) is 0 Å². The maximum Gasteiger partial charge on any atom is 0.172 e. The number of nitrogens with zero attached hydrogens (tertiary/aromatic N) is 3. The lowest BCUT2D eigenvalue weighted by Crippen LogP contribution is -2.08. The molecule has 0 aliphatic heterocycles. The van der Waals surface area contributed by atoms with E-state index in [1.54, 1.807) is 0 Å². The molecule has 2 rings (SSSR count). The Kier molecular flexibility index (Phi) is 5.29. The average Bonchev–Trinajstić information content (AvgIpc) is 2.87. The van der Waals surface area contributed by atoms with Crippen LogP contribution in [0.2, 0.25) is 0 Å². The van der Waals surface area contributed by atoms with Crippen molar-refractivity contribution in [3.63, 3.8) is 0 Å². The molecule has 5 heteroatoms. The van der Waals surface area contributed by atoms with Gasteiger partial charge >= 0.3 is 0 Å². The van der Waals surface area contributed by atoms with Crippen molar-refractivity contribution in [2.45, 2.75) is 32.7 Å². The number of carbonyl (C=O) groups is 1. The largest absolute Gasteiger partial charge is 0.494 e. The molecule has 0 N–H and O–H groups in total. The summed E-state index contributed by atoms with van der Waals surface area (Å²) in [5, 5.41) is 7.90. The number of benzene rings is 1. The van der Waals surface area contributed by atoms with Gasteiger partial charge in [0.1, 0.15) is 11.4 Å². The van der Waals surface area contributed by atoms with Gasteiger partial charge in [-0.1, -0.05) is 30.3 Å². The first kappa shape index (κ1) is 14.2. The van der Waals surface area contributed by atoms with E-state index in [0.29, 0.717) is 12.3 Å². The van der Waals surface area contributed by atoms with Crippen molar-refractivity contribution >= 4 is 6.29 Å². The van der Waals surface area contributed by atoms with E-state index in [9.17, 15) is 4.79 Å². The van der Waals surface area contributed by atoms with Gasteiger partial charge in [-0.15, -0.1) is 5.10 Å². The minimum Gasteiger partial charge on any atom is -0.494 e. The molecule has 2 aromatic rings. The first-order valence-corrected chi connectivity index (χ1v) is 6.90. The van der Waals surface area contributed by atoms with Crippen molar-refractivity contribution < 1.29 is 9.53 Å². The second-order valence-corrected chi connectivity index (χ2v) is 4.53. The number of ether oxygens (including phenoxy) is 1. The summed E-state index contributed by atoms with van der Waals surface area (Å²) >= 11 is 0. The highest BCUT2D eigenvalue weighted by Crippen LogP contribution is 2.11. The predicted molar refractivity (Wildman–Crippen MR) is 76.0 cm³/mol. The van der Waals surface area contributed by atoms with Crippen LogP contribution < -0.4 is 4.74 Å².